The van der Waals surface area contributed by atoms with Gasteiger partial charge in [-0.05, 0) is 43.7 Å². The van der Waals surface area contributed by atoms with Gasteiger partial charge < -0.3 is 0 Å². The number of aromatic nitrogens is 2. The first-order valence-corrected chi connectivity index (χ1v) is 8.41. The van der Waals surface area contributed by atoms with Crippen molar-refractivity contribution < 1.29 is 4.79 Å². The summed E-state index contributed by atoms with van der Waals surface area (Å²) in [7, 11) is 0. The van der Waals surface area contributed by atoms with Crippen molar-refractivity contribution in [1.29, 1.82) is 0 Å². The number of benzene rings is 1. The molecule has 1 amide bonds. The molecule has 2 rings (SSSR count). The number of hydrogen-bond acceptors (Lipinski definition) is 5. The maximum atomic E-state index is 11.9. The highest BCUT2D eigenvalue weighted by Gasteiger charge is 2.09. The Balaban J connectivity index is 1.87. The third kappa shape index (κ3) is 4.84. The van der Waals surface area contributed by atoms with Crippen LogP contribution >= 0.6 is 34.7 Å². The van der Waals surface area contributed by atoms with Crippen LogP contribution in [0, 0.1) is 0 Å². The highest BCUT2D eigenvalue weighted by Crippen LogP contribution is 2.23. The van der Waals surface area contributed by atoms with Crippen LogP contribution in [0.1, 0.15) is 18.9 Å². The summed E-state index contributed by atoms with van der Waals surface area (Å²) in [5.41, 5.74) is 1.04. The first-order chi connectivity index (χ1) is 10.1. The molecule has 0 spiro atoms. The summed E-state index contributed by atoms with van der Waals surface area (Å²) in [6.45, 7) is 3.90. The zero-order valence-electron chi connectivity index (χ0n) is 11.6. The monoisotopic (exact) mass is 339 g/mol. The molecule has 2 aromatic rings. The Bertz CT molecular complexity index is 652. The van der Waals surface area contributed by atoms with E-state index in [0.717, 1.165) is 15.5 Å². The van der Waals surface area contributed by atoms with Gasteiger partial charge in [-0.2, -0.15) is 0 Å². The summed E-state index contributed by atoms with van der Waals surface area (Å²) in [4.78, 5) is 12.9. The molecule has 7 heteroatoms. The number of halogens is 1. The molecule has 0 saturated carbocycles. The molecule has 0 aliphatic carbocycles. The Labute approximate surface area is 136 Å². The van der Waals surface area contributed by atoms with Gasteiger partial charge in [-0.15, -0.1) is 22.0 Å². The van der Waals surface area contributed by atoms with Gasteiger partial charge in [0.25, 0.3) is 0 Å². The first kappa shape index (κ1) is 16.0. The molecule has 0 atom stereocenters. The van der Waals surface area contributed by atoms with E-state index in [1.165, 1.54) is 23.1 Å². The molecule has 0 bridgehead atoms. The van der Waals surface area contributed by atoms with Crippen LogP contribution in [0.25, 0.3) is 5.57 Å². The number of amides is 1. The molecule has 1 N–H and O–H groups in total. The van der Waals surface area contributed by atoms with Crippen molar-refractivity contribution >= 4 is 51.3 Å². The van der Waals surface area contributed by atoms with Crippen molar-refractivity contribution in [3.63, 3.8) is 0 Å². The van der Waals surface area contributed by atoms with E-state index in [4.69, 9.17) is 11.6 Å². The molecule has 1 heterocycles. The molecule has 0 unspecified atom stereocenters. The minimum atomic E-state index is -0.101. The second-order valence-corrected chi connectivity index (χ2v) is 6.64. The van der Waals surface area contributed by atoms with Crippen LogP contribution in [0.2, 0.25) is 5.02 Å². The largest absolute Gasteiger partial charge is 0.300 e. The number of hydrogen-bond donors (Lipinski definition) is 1. The van der Waals surface area contributed by atoms with Crippen molar-refractivity contribution in [2.24, 2.45) is 0 Å². The fourth-order valence-corrected chi connectivity index (χ4v) is 3.01. The molecule has 0 fully saturated rings. The minimum Gasteiger partial charge on any atom is -0.300 e. The maximum Gasteiger partial charge on any atom is 0.236 e. The van der Waals surface area contributed by atoms with Gasteiger partial charge in [0, 0.05) is 9.92 Å². The van der Waals surface area contributed by atoms with E-state index >= 15 is 0 Å². The predicted octanol–water partition coefficient (Wildman–Crippen LogP) is 4.35. The number of carbonyl (C=O) groups excluding carboxylic acids is 1. The van der Waals surface area contributed by atoms with E-state index in [1.807, 2.05) is 32.1 Å². The lowest BCUT2D eigenvalue weighted by Gasteiger charge is -2.01. The quantitative estimate of drug-likeness (QED) is 0.823. The summed E-state index contributed by atoms with van der Waals surface area (Å²) in [5, 5.41) is 12.8. The van der Waals surface area contributed by atoms with Crippen LogP contribution in [0.4, 0.5) is 5.13 Å². The van der Waals surface area contributed by atoms with E-state index in [1.54, 1.807) is 12.1 Å². The smallest absolute Gasteiger partial charge is 0.236 e. The fraction of sp³-hybridized carbons (Fsp3) is 0.214. The Morgan fingerprint density at radius 3 is 2.76 bits per heavy atom. The number of thioether (sulfide) groups is 1. The van der Waals surface area contributed by atoms with Crippen LogP contribution in [-0.4, -0.2) is 21.9 Å². The van der Waals surface area contributed by atoms with Crippen LogP contribution in [-0.2, 0) is 4.79 Å². The van der Waals surface area contributed by atoms with Gasteiger partial charge in [0.1, 0.15) is 5.01 Å². The topological polar surface area (TPSA) is 54.9 Å². The molecule has 0 aliphatic heterocycles. The summed E-state index contributed by atoms with van der Waals surface area (Å²) in [5.74, 6) is 0.217. The van der Waals surface area contributed by atoms with Gasteiger partial charge in [0.2, 0.25) is 11.0 Å². The zero-order chi connectivity index (χ0) is 15.2. The summed E-state index contributed by atoms with van der Waals surface area (Å²) < 4.78 is 0. The first-order valence-electron chi connectivity index (χ1n) is 6.23. The van der Waals surface area contributed by atoms with Crippen molar-refractivity contribution in [2.45, 2.75) is 18.7 Å². The fourth-order valence-electron chi connectivity index (χ4n) is 1.39. The highest BCUT2D eigenvalue weighted by atomic mass is 35.5. The Morgan fingerprint density at radius 1 is 1.38 bits per heavy atom. The van der Waals surface area contributed by atoms with Crippen LogP contribution in [0.5, 0.6) is 0 Å². The van der Waals surface area contributed by atoms with Crippen molar-refractivity contribution in [3.05, 3.63) is 40.4 Å². The molecule has 0 radical (unpaired) electrons. The second kappa shape index (κ2) is 7.59. The molecule has 4 nitrogen and oxygen atoms in total. The minimum absolute atomic E-state index is 0.101. The molecular weight excluding hydrogens is 326 g/mol. The van der Waals surface area contributed by atoms with Crippen molar-refractivity contribution in [1.82, 2.24) is 10.2 Å². The Morgan fingerprint density at radius 2 is 2.10 bits per heavy atom. The van der Waals surface area contributed by atoms with E-state index in [2.05, 4.69) is 15.5 Å². The van der Waals surface area contributed by atoms with E-state index in [0.29, 0.717) is 15.9 Å². The van der Waals surface area contributed by atoms with Gasteiger partial charge in [-0.1, -0.05) is 29.0 Å². The number of anilines is 1. The van der Waals surface area contributed by atoms with E-state index < -0.39 is 0 Å². The maximum absolute atomic E-state index is 11.9. The van der Waals surface area contributed by atoms with Crippen LogP contribution in [0.3, 0.4) is 0 Å². The molecule has 0 saturated heterocycles. The van der Waals surface area contributed by atoms with Crippen molar-refractivity contribution in [2.75, 3.05) is 11.1 Å². The second-order valence-electron chi connectivity index (χ2n) is 4.17. The summed E-state index contributed by atoms with van der Waals surface area (Å²) >= 11 is 8.63. The number of allylic oxidation sites excluding steroid dienone is 2. The standard InChI is InChI=1S/C14H14ClN3OS2/c1-3-9(2)13-17-18-14(21-13)16-12(19)8-20-11-6-4-10(15)5-7-11/h3-7H,8H2,1-2H3,(H,16,18,19). The van der Waals surface area contributed by atoms with Gasteiger partial charge in [0.15, 0.2) is 0 Å². The molecule has 21 heavy (non-hydrogen) atoms. The lowest BCUT2D eigenvalue weighted by molar-refractivity contribution is -0.113. The third-order valence-electron chi connectivity index (χ3n) is 2.63. The molecule has 0 aliphatic rings. The third-order valence-corrected chi connectivity index (χ3v) is 4.86. The number of carbonyl (C=O) groups is 1. The Hall–Kier alpha value is -1.37. The normalized spacial score (nSPS) is 11.5. The average molecular weight is 340 g/mol. The Kier molecular flexibility index (Phi) is 5.78. The van der Waals surface area contributed by atoms with Gasteiger partial charge >= 0.3 is 0 Å². The average Bonchev–Trinajstić information content (AvgIpc) is 2.94. The molecule has 1 aromatic heterocycles. The van der Waals surface area contributed by atoms with E-state index in [9.17, 15) is 4.79 Å². The molecule has 110 valence electrons. The number of nitrogens with one attached hydrogen (secondary N) is 1. The van der Waals surface area contributed by atoms with Gasteiger partial charge in [-0.25, -0.2) is 0 Å². The predicted molar refractivity (Wildman–Crippen MR) is 90.0 cm³/mol. The lowest BCUT2D eigenvalue weighted by atomic mass is 10.3. The summed E-state index contributed by atoms with van der Waals surface area (Å²) in [6.07, 6.45) is 1.96. The molecular formula is C14H14ClN3OS2. The molecule has 1 aromatic carbocycles. The van der Waals surface area contributed by atoms with Crippen LogP contribution < -0.4 is 5.32 Å². The summed E-state index contributed by atoms with van der Waals surface area (Å²) in [6, 6.07) is 7.38. The van der Waals surface area contributed by atoms with Crippen molar-refractivity contribution in [3.8, 4) is 0 Å². The SMILES string of the molecule is CC=C(C)c1nnc(NC(=O)CSc2ccc(Cl)cc2)s1. The highest BCUT2D eigenvalue weighted by molar-refractivity contribution is 8.00. The van der Waals surface area contributed by atoms with Gasteiger partial charge in [-0.3, -0.25) is 10.1 Å². The zero-order valence-corrected chi connectivity index (χ0v) is 14.0. The van der Waals surface area contributed by atoms with Crippen LogP contribution in [0.15, 0.2) is 35.2 Å². The number of nitrogens with zero attached hydrogens (tertiary/aromatic N) is 2. The van der Waals surface area contributed by atoms with Gasteiger partial charge in [0.05, 0.1) is 5.75 Å². The number of rotatable bonds is 5. The van der Waals surface area contributed by atoms with E-state index in [-0.39, 0.29) is 5.91 Å². The lowest BCUT2D eigenvalue weighted by Crippen LogP contribution is -2.13.